The van der Waals surface area contributed by atoms with Gasteiger partial charge in [-0.3, -0.25) is 4.79 Å². The molecule has 4 aromatic rings. The van der Waals surface area contributed by atoms with Crippen LogP contribution in [0.25, 0.3) is 10.8 Å². The van der Waals surface area contributed by atoms with Gasteiger partial charge >= 0.3 is 0 Å². The van der Waals surface area contributed by atoms with E-state index in [-0.39, 0.29) is 12.5 Å². The van der Waals surface area contributed by atoms with Crippen molar-refractivity contribution in [3.63, 3.8) is 0 Å². The Labute approximate surface area is 203 Å². The van der Waals surface area contributed by atoms with E-state index in [1.807, 2.05) is 43.3 Å². The predicted octanol–water partition coefficient (Wildman–Crippen LogP) is 6.34. The third kappa shape index (κ3) is 5.14. The quantitative estimate of drug-likeness (QED) is 0.354. The Bertz CT molecular complexity index is 1360. The zero-order chi connectivity index (χ0) is 24.4. The molecule has 3 aromatic carbocycles. The van der Waals surface area contributed by atoms with Gasteiger partial charge in [0.1, 0.15) is 29.6 Å². The summed E-state index contributed by atoms with van der Waals surface area (Å²) in [6.07, 6.45) is 2.13. The lowest BCUT2D eigenvalue weighted by atomic mass is 9.98. The molecule has 1 aliphatic rings. The van der Waals surface area contributed by atoms with Crippen molar-refractivity contribution in [2.24, 2.45) is 5.92 Å². The highest BCUT2D eigenvalue weighted by Crippen LogP contribution is 2.33. The van der Waals surface area contributed by atoms with Crippen molar-refractivity contribution in [1.29, 1.82) is 0 Å². The summed E-state index contributed by atoms with van der Waals surface area (Å²) < 4.78 is 25.5. The van der Waals surface area contributed by atoms with Gasteiger partial charge in [0.15, 0.2) is 0 Å². The molecular formula is C28H28FN3O3. The van der Waals surface area contributed by atoms with Gasteiger partial charge in [-0.1, -0.05) is 36.3 Å². The molecule has 0 unspecified atom stereocenters. The van der Waals surface area contributed by atoms with Crippen LogP contribution in [-0.4, -0.2) is 24.2 Å². The van der Waals surface area contributed by atoms with Gasteiger partial charge in [-0.05, 0) is 56.0 Å². The van der Waals surface area contributed by atoms with E-state index >= 15 is 0 Å². The summed E-state index contributed by atoms with van der Waals surface area (Å²) in [5, 5.41) is 8.61. The number of hydrogen-bond acceptors (Lipinski definition) is 5. The molecule has 0 bridgehead atoms. The lowest BCUT2D eigenvalue weighted by Crippen LogP contribution is -2.33. The first-order valence-electron chi connectivity index (χ1n) is 11.9. The van der Waals surface area contributed by atoms with Crippen LogP contribution in [-0.2, 0) is 6.61 Å². The number of rotatable bonds is 6. The minimum atomic E-state index is -0.414. The van der Waals surface area contributed by atoms with Crippen molar-refractivity contribution < 1.29 is 18.4 Å². The molecule has 0 radical (unpaired) electrons. The second kappa shape index (κ2) is 9.78. The average molecular weight is 474 g/mol. The molecular weight excluding hydrogens is 445 g/mol. The van der Waals surface area contributed by atoms with Crippen LogP contribution < -0.4 is 15.0 Å². The fraction of sp³-hybridized carbons (Fsp3) is 0.286. The minimum Gasteiger partial charge on any atom is -0.487 e. The number of benzene rings is 3. The van der Waals surface area contributed by atoms with Crippen LogP contribution in [0.3, 0.4) is 0 Å². The summed E-state index contributed by atoms with van der Waals surface area (Å²) in [4.78, 5) is 15.3. The zero-order valence-electron chi connectivity index (χ0n) is 19.9. The number of carbonyl (C=O) groups is 1. The predicted molar refractivity (Wildman–Crippen MR) is 134 cm³/mol. The third-order valence-electron chi connectivity index (χ3n) is 6.48. The number of anilines is 2. The topological polar surface area (TPSA) is 67.6 Å². The summed E-state index contributed by atoms with van der Waals surface area (Å²) in [5.74, 6) is 1.30. The summed E-state index contributed by atoms with van der Waals surface area (Å²) in [6, 6.07) is 17.7. The smallest absolute Gasteiger partial charge is 0.255 e. The van der Waals surface area contributed by atoms with Crippen LogP contribution >= 0.6 is 0 Å². The van der Waals surface area contributed by atoms with Crippen molar-refractivity contribution in [2.75, 3.05) is 23.3 Å². The molecule has 0 atom stereocenters. The van der Waals surface area contributed by atoms with Gasteiger partial charge in [0, 0.05) is 46.9 Å². The van der Waals surface area contributed by atoms with Gasteiger partial charge in [0.2, 0.25) is 0 Å². The minimum absolute atomic E-state index is 0.272. The van der Waals surface area contributed by atoms with Gasteiger partial charge in [0.05, 0.1) is 0 Å². The molecule has 1 amide bonds. The van der Waals surface area contributed by atoms with Crippen LogP contribution in [0.1, 0.15) is 41.6 Å². The van der Waals surface area contributed by atoms with Gasteiger partial charge in [0.25, 0.3) is 5.91 Å². The Balaban J connectivity index is 1.37. The number of aromatic nitrogens is 1. The average Bonchev–Trinajstić information content (AvgIpc) is 3.28. The van der Waals surface area contributed by atoms with Gasteiger partial charge in [-0.15, -0.1) is 0 Å². The molecule has 2 heterocycles. The van der Waals surface area contributed by atoms with E-state index < -0.39 is 5.82 Å². The van der Waals surface area contributed by atoms with Crippen LogP contribution in [0.5, 0.6) is 5.75 Å². The SMILES string of the molecule is Cc1cc(COc2ccc(NC(=O)c3cc(F)cc(N4CCC(C)CC4)c3)c3ccccc23)no1. The molecule has 0 spiro atoms. The van der Waals surface area contributed by atoms with Gasteiger partial charge < -0.3 is 19.5 Å². The second-order valence-corrected chi connectivity index (χ2v) is 9.20. The number of piperidine rings is 1. The molecule has 1 aliphatic heterocycles. The first kappa shape index (κ1) is 22.9. The molecule has 5 rings (SSSR count). The maximum absolute atomic E-state index is 14.5. The first-order valence-corrected chi connectivity index (χ1v) is 11.9. The number of aryl methyl sites for hydroxylation is 1. The zero-order valence-corrected chi connectivity index (χ0v) is 19.9. The maximum Gasteiger partial charge on any atom is 0.255 e. The number of nitrogens with one attached hydrogen (secondary N) is 1. The van der Waals surface area contributed by atoms with Crippen molar-refractivity contribution in [1.82, 2.24) is 5.16 Å². The van der Waals surface area contributed by atoms with E-state index in [0.717, 1.165) is 48.2 Å². The van der Waals surface area contributed by atoms with Crippen molar-refractivity contribution in [3.8, 4) is 5.75 Å². The second-order valence-electron chi connectivity index (χ2n) is 9.20. The highest BCUT2D eigenvalue weighted by Gasteiger charge is 2.19. The number of carbonyl (C=O) groups excluding carboxylic acids is 1. The summed E-state index contributed by atoms with van der Waals surface area (Å²) >= 11 is 0. The lowest BCUT2D eigenvalue weighted by Gasteiger charge is -2.32. The molecule has 6 nitrogen and oxygen atoms in total. The van der Waals surface area contributed by atoms with Crippen molar-refractivity contribution in [3.05, 3.63) is 83.5 Å². The number of amides is 1. The fourth-order valence-electron chi connectivity index (χ4n) is 4.49. The number of halogens is 1. The molecule has 1 N–H and O–H groups in total. The maximum atomic E-state index is 14.5. The molecule has 0 saturated carbocycles. The molecule has 1 saturated heterocycles. The van der Waals surface area contributed by atoms with E-state index in [1.165, 1.54) is 12.1 Å². The Morgan fingerprint density at radius 3 is 2.63 bits per heavy atom. The number of nitrogens with zero attached hydrogens (tertiary/aromatic N) is 2. The summed E-state index contributed by atoms with van der Waals surface area (Å²) in [7, 11) is 0. The van der Waals surface area contributed by atoms with E-state index in [1.54, 1.807) is 12.1 Å². The molecule has 0 aliphatic carbocycles. The van der Waals surface area contributed by atoms with Crippen LogP contribution in [0.2, 0.25) is 0 Å². The number of fused-ring (bicyclic) bond motifs is 1. The monoisotopic (exact) mass is 473 g/mol. The number of ether oxygens (including phenoxy) is 1. The Kier molecular flexibility index (Phi) is 6.40. The molecule has 7 heteroatoms. The van der Waals surface area contributed by atoms with Crippen LogP contribution in [0, 0.1) is 18.7 Å². The van der Waals surface area contributed by atoms with E-state index in [9.17, 15) is 9.18 Å². The van der Waals surface area contributed by atoms with E-state index in [0.29, 0.717) is 28.6 Å². The lowest BCUT2D eigenvalue weighted by molar-refractivity contribution is 0.102. The largest absolute Gasteiger partial charge is 0.487 e. The Hall–Kier alpha value is -3.87. The summed E-state index contributed by atoms with van der Waals surface area (Å²) in [6.45, 7) is 6.07. The summed E-state index contributed by atoms with van der Waals surface area (Å²) in [5.41, 5.74) is 2.38. The fourth-order valence-corrected chi connectivity index (χ4v) is 4.49. The molecule has 180 valence electrons. The van der Waals surface area contributed by atoms with Crippen LogP contribution in [0.4, 0.5) is 15.8 Å². The van der Waals surface area contributed by atoms with E-state index in [4.69, 9.17) is 9.26 Å². The third-order valence-corrected chi connectivity index (χ3v) is 6.48. The number of hydrogen-bond donors (Lipinski definition) is 1. The van der Waals surface area contributed by atoms with Crippen molar-refractivity contribution >= 4 is 28.1 Å². The van der Waals surface area contributed by atoms with Crippen molar-refractivity contribution in [2.45, 2.75) is 33.3 Å². The molecule has 1 aromatic heterocycles. The highest BCUT2D eigenvalue weighted by atomic mass is 19.1. The van der Waals surface area contributed by atoms with E-state index in [2.05, 4.69) is 22.3 Å². The van der Waals surface area contributed by atoms with Gasteiger partial charge in [-0.25, -0.2) is 4.39 Å². The normalized spacial score (nSPS) is 14.3. The van der Waals surface area contributed by atoms with Gasteiger partial charge in [-0.2, -0.15) is 0 Å². The Morgan fingerprint density at radius 1 is 1.11 bits per heavy atom. The Morgan fingerprint density at radius 2 is 1.89 bits per heavy atom. The first-order chi connectivity index (χ1) is 17.0. The standard InChI is InChI=1S/C28H28FN3O3/c1-18-9-11-32(12-10-18)23-15-20(14-21(29)16-23)28(33)30-26-7-8-27(25-6-4-3-5-24(25)26)34-17-22-13-19(2)35-31-22/h3-8,13-16,18H,9-12,17H2,1-2H3,(H,30,33). The highest BCUT2D eigenvalue weighted by molar-refractivity contribution is 6.10. The molecule has 35 heavy (non-hydrogen) atoms. The van der Waals surface area contributed by atoms with Crippen LogP contribution in [0.15, 0.2) is 65.2 Å². The molecule has 1 fully saturated rings.